The summed E-state index contributed by atoms with van der Waals surface area (Å²) in [4.78, 5) is 15.4. The lowest BCUT2D eigenvalue weighted by Gasteiger charge is -2.22. The Morgan fingerprint density at radius 2 is 1.92 bits per heavy atom. The van der Waals surface area contributed by atoms with E-state index >= 15 is 0 Å². The van der Waals surface area contributed by atoms with Crippen LogP contribution in [0.4, 0.5) is 4.39 Å². The predicted molar refractivity (Wildman–Crippen MR) is 89.9 cm³/mol. The van der Waals surface area contributed by atoms with E-state index in [0.29, 0.717) is 11.7 Å². The Morgan fingerprint density at radius 3 is 2.54 bits per heavy atom. The highest BCUT2D eigenvalue weighted by Crippen LogP contribution is 2.33. The minimum Gasteiger partial charge on any atom is -0.436 e. The molecule has 24 heavy (non-hydrogen) atoms. The van der Waals surface area contributed by atoms with E-state index in [1.54, 1.807) is 0 Å². The molecule has 0 aliphatic heterocycles. The number of amides is 1. The number of nitrogens with zero attached hydrogens (tertiary/aromatic N) is 1. The highest BCUT2D eigenvalue weighted by atomic mass is 19.1. The van der Waals surface area contributed by atoms with E-state index in [4.69, 9.17) is 4.74 Å². The minimum absolute atomic E-state index is 0.131. The molecule has 1 N–H and O–H groups in total. The molecule has 1 aliphatic carbocycles. The van der Waals surface area contributed by atoms with Gasteiger partial charge in [-0.1, -0.05) is 31.4 Å². The van der Waals surface area contributed by atoms with Gasteiger partial charge in [-0.25, -0.2) is 9.37 Å². The van der Waals surface area contributed by atoms with Crippen molar-refractivity contribution in [2.24, 2.45) is 0 Å². The van der Waals surface area contributed by atoms with E-state index in [9.17, 15) is 9.18 Å². The number of benzene rings is 1. The van der Waals surface area contributed by atoms with Crippen molar-refractivity contribution in [2.75, 3.05) is 7.05 Å². The first kappa shape index (κ1) is 16.4. The summed E-state index contributed by atoms with van der Waals surface area (Å²) in [6, 6.07) is 8.90. The summed E-state index contributed by atoms with van der Waals surface area (Å²) < 4.78 is 19.5. The summed E-state index contributed by atoms with van der Waals surface area (Å²) >= 11 is 0. The van der Waals surface area contributed by atoms with Crippen LogP contribution in [0.15, 0.2) is 36.5 Å². The summed E-state index contributed by atoms with van der Waals surface area (Å²) in [5, 5.41) is 2.43. The Bertz CT molecular complexity index is 710. The molecule has 2 aromatic rings. The van der Waals surface area contributed by atoms with Crippen molar-refractivity contribution in [3.63, 3.8) is 0 Å². The zero-order valence-electron chi connectivity index (χ0n) is 13.7. The summed E-state index contributed by atoms with van der Waals surface area (Å²) in [6.07, 6.45) is 7.67. The topological polar surface area (TPSA) is 51.2 Å². The minimum atomic E-state index is -0.660. The molecule has 5 heteroatoms. The van der Waals surface area contributed by atoms with Gasteiger partial charge in [0.25, 0.3) is 11.8 Å². The summed E-state index contributed by atoms with van der Waals surface area (Å²) in [7, 11) is 1.48. The van der Waals surface area contributed by atoms with Crippen LogP contribution >= 0.6 is 0 Å². The van der Waals surface area contributed by atoms with Gasteiger partial charge in [-0.05, 0) is 42.5 Å². The normalized spacial score (nSPS) is 15.1. The quantitative estimate of drug-likeness (QED) is 0.904. The molecule has 3 rings (SSSR count). The first-order valence-corrected chi connectivity index (χ1v) is 8.33. The van der Waals surface area contributed by atoms with Crippen LogP contribution in [-0.2, 0) is 0 Å². The largest absolute Gasteiger partial charge is 0.436 e. The number of carbonyl (C=O) groups excluding carboxylic acids is 1. The molecule has 1 heterocycles. The molecule has 0 bridgehead atoms. The van der Waals surface area contributed by atoms with Crippen LogP contribution in [0, 0.1) is 5.82 Å². The monoisotopic (exact) mass is 328 g/mol. The molecular weight excluding hydrogens is 307 g/mol. The predicted octanol–water partition coefficient (Wildman–Crippen LogP) is 4.42. The van der Waals surface area contributed by atoms with Gasteiger partial charge in [0.15, 0.2) is 5.82 Å². The molecule has 0 radical (unpaired) electrons. The molecule has 1 aromatic carbocycles. The first-order valence-electron chi connectivity index (χ1n) is 8.33. The molecule has 126 valence electrons. The Labute approximate surface area is 141 Å². The van der Waals surface area contributed by atoms with E-state index in [2.05, 4.69) is 10.3 Å². The first-order chi connectivity index (χ1) is 11.7. The highest BCUT2D eigenvalue weighted by molar-refractivity contribution is 5.93. The van der Waals surface area contributed by atoms with Crippen molar-refractivity contribution < 1.29 is 13.9 Å². The lowest BCUT2D eigenvalue weighted by Crippen LogP contribution is -2.18. The molecule has 0 spiro atoms. The third-order valence-electron chi connectivity index (χ3n) is 4.47. The number of hydrogen-bond acceptors (Lipinski definition) is 3. The van der Waals surface area contributed by atoms with E-state index in [-0.39, 0.29) is 17.4 Å². The number of pyridine rings is 1. The van der Waals surface area contributed by atoms with Gasteiger partial charge < -0.3 is 10.1 Å². The Balaban J connectivity index is 1.70. The zero-order valence-corrected chi connectivity index (χ0v) is 13.7. The van der Waals surface area contributed by atoms with Crippen LogP contribution in [0.3, 0.4) is 0 Å². The number of rotatable bonds is 4. The summed E-state index contributed by atoms with van der Waals surface area (Å²) in [6.45, 7) is 0. The van der Waals surface area contributed by atoms with Gasteiger partial charge in [-0.15, -0.1) is 0 Å². The summed E-state index contributed by atoms with van der Waals surface area (Å²) in [5.41, 5.74) is 1.47. The molecule has 0 atom stereocenters. The number of aromatic nitrogens is 1. The molecule has 0 unspecified atom stereocenters. The molecule has 1 aliphatic rings. The Kier molecular flexibility index (Phi) is 5.08. The Hall–Kier alpha value is -2.43. The third kappa shape index (κ3) is 3.72. The SMILES string of the molecule is CNC(=O)c1cnc(Oc2ccc(C3CCCCC3)cc2)c(F)c1. The summed E-state index contributed by atoms with van der Waals surface area (Å²) in [5.74, 6) is -0.0199. The van der Waals surface area contributed by atoms with Crippen molar-refractivity contribution in [1.29, 1.82) is 0 Å². The maximum atomic E-state index is 14.0. The van der Waals surface area contributed by atoms with Crippen LogP contribution < -0.4 is 10.1 Å². The van der Waals surface area contributed by atoms with Crippen molar-refractivity contribution >= 4 is 5.91 Å². The van der Waals surface area contributed by atoms with E-state index in [1.807, 2.05) is 24.3 Å². The average molecular weight is 328 g/mol. The van der Waals surface area contributed by atoms with Crippen molar-refractivity contribution in [2.45, 2.75) is 38.0 Å². The van der Waals surface area contributed by atoms with Gasteiger partial charge in [0, 0.05) is 13.2 Å². The van der Waals surface area contributed by atoms with Gasteiger partial charge in [0.2, 0.25) is 0 Å². The van der Waals surface area contributed by atoms with Crippen molar-refractivity contribution in [3.8, 4) is 11.6 Å². The van der Waals surface area contributed by atoms with Crippen LogP contribution in [0.1, 0.15) is 53.9 Å². The molecule has 1 amide bonds. The number of carbonyl (C=O) groups is 1. The average Bonchev–Trinajstić information content (AvgIpc) is 2.64. The molecule has 1 aromatic heterocycles. The highest BCUT2D eigenvalue weighted by Gasteiger charge is 2.16. The second-order valence-electron chi connectivity index (χ2n) is 6.10. The van der Waals surface area contributed by atoms with Crippen LogP contribution in [-0.4, -0.2) is 17.9 Å². The van der Waals surface area contributed by atoms with Crippen molar-refractivity contribution in [3.05, 3.63) is 53.5 Å². The van der Waals surface area contributed by atoms with Gasteiger partial charge >= 0.3 is 0 Å². The number of ether oxygens (including phenoxy) is 1. The fourth-order valence-electron chi connectivity index (χ4n) is 3.12. The van der Waals surface area contributed by atoms with Gasteiger partial charge in [-0.2, -0.15) is 0 Å². The second-order valence-corrected chi connectivity index (χ2v) is 6.10. The lowest BCUT2D eigenvalue weighted by atomic mass is 9.84. The molecule has 4 nitrogen and oxygen atoms in total. The van der Waals surface area contributed by atoms with Gasteiger partial charge in [0.1, 0.15) is 5.75 Å². The smallest absolute Gasteiger partial charge is 0.255 e. The lowest BCUT2D eigenvalue weighted by molar-refractivity contribution is 0.0962. The molecule has 0 saturated heterocycles. The number of halogens is 1. The molecule has 1 saturated carbocycles. The fourth-order valence-corrected chi connectivity index (χ4v) is 3.12. The molecular formula is C19H21FN2O2. The van der Waals surface area contributed by atoms with Crippen LogP contribution in [0.25, 0.3) is 0 Å². The number of hydrogen-bond donors (Lipinski definition) is 1. The maximum Gasteiger partial charge on any atom is 0.255 e. The second kappa shape index (κ2) is 7.43. The third-order valence-corrected chi connectivity index (χ3v) is 4.47. The number of nitrogens with one attached hydrogen (secondary N) is 1. The van der Waals surface area contributed by atoms with Crippen molar-refractivity contribution in [1.82, 2.24) is 10.3 Å². The van der Waals surface area contributed by atoms with Crippen LogP contribution in [0.5, 0.6) is 11.6 Å². The standard InChI is InChI=1S/C19H21FN2O2/c1-21-18(23)15-11-17(20)19(22-12-15)24-16-9-7-14(8-10-16)13-5-3-2-4-6-13/h7-13H,2-6H2,1H3,(H,21,23). The zero-order chi connectivity index (χ0) is 16.9. The van der Waals surface area contributed by atoms with E-state index in [1.165, 1.54) is 50.9 Å². The van der Waals surface area contributed by atoms with Gasteiger partial charge in [-0.3, -0.25) is 4.79 Å². The van der Waals surface area contributed by atoms with E-state index in [0.717, 1.165) is 6.07 Å². The molecule has 1 fully saturated rings. The van der Waals surface area contributed by atoms with E-state index < -0.39 is 5.82 Å². The van der Waals surface area contributed by atoms with Crippen LogP contribution in [0.2, 0.25) is 0 Å². The maximum absolute atomic E-state index is 14.0. The fraction of sp³-hybridized carbons (Fsp3) is 0.368. The van der Waals surface area contributed by atoms with Gasteiger partial charge in [0.05, 0.1) is 5.56 Å². The Morgan fingerprint density at radius 1 is 1.21 bits per heavy atom.